The molecule has 1 atom stereocenters. The molecule has 1 saturated heterocycles. The Bertz CT molecular complexity index is 1050. The average Bonchev–Trinajstić information content (AvgIpc) is 3.24. The number of ketones is 1. The molecular formula is C23H29NO6S. The average molecular weight is 448 g/mol. The van der Waals surface area contributed by atoms with Crippen molar-refractivity contribution in [1.82, 2.24) is 4.57 Å². The Balaban J connectivity index is 1.61. The molecule has 0 saturated carbocycles. The van der Waals surface area contributed by atoms with Crippen LogP contribution in [-0.4, -0.2) is 49.5 Å². The van der Waals surface area contributed by atoms with Crippen molar-refractivity contribution in [3.63, 3.8) is 0 Å². The van der Waals surface area contributed by atoms with Crippen LogP contribution in [0.4, 0.5) is 0 Å². The van der Waals surface area contributed by atoms with Gasteiger partial charge in [0.2, 0.25) is 5.78 Å². The number of benzene rings is 1. The maximum absolute atomic E-state index is 12.7. The fourth-order valence-electron chi connectivity index (χ4n) is 3.91. The van der Waals surface area contributed by atoms with Gasteiger partial charge in [-0.25, -0.2) is 13.2 Å². The van der Waals surface area contributed by atoms with E-state index in [1.807, 2.05) is 11.5 Å². The summed E-state index contributed by atoms with van der Waals surface area (Å²) in [5, 5.41) is 0. The predicted octanol–water partition coefficient (Wildman–Crippen LogP) is 3.68. The van der Waals surface area contributed by atoms with E-state index in [2.05, 4.69) is 6.92 Å². The number of Topliss-reactive ketones (excluding diaryl/α,β-unsaturated/α-hetero) is 1. The minimum atomic E-state index is -3.03. The second-order valence-corrected chi connectivity index (χ2v) is 10.2. The molecule has 0 bridgehead atoms. The van der Waals surface area contributed by atoms with Crippen LogP contribution in [0.3, 0.4) is 0 Å². The summed E-state index contributed by atoms with van der Waals surface area (Å²) in [6, 6.07) is 8.21. The SMILES string of the molecule is CCCCOc1ccc(C(=O)OCC(=O)c2cc(C)n([C@H]3CCS(=O)(=O)C3)c2C)cc1. The summed E-state index contributed by atoms with van der Waals surface area (Å²) in [4.78, 5) is 25.0. The first-order valence-electron chi connectivity index (χ1n) is 10.5. The van der Waals surface area contributed by atoms with Crippen molar-refractivity contribution in [3.8, 4) is 5.75 Å². The first-order chi connectivity index (χ1) is 14.7. The molecule has 0 amide bonds. The van der Waals surface area contributed by atoms with Gasteiger partial charge in [-0.3, -0.25) is 4.79 Å². The molecule has 1 aromatic heterocycles. The molecule has 1 aromatic carbocycles. The number of ether oxygens (including phenoxy) is 2. The Morgan fingerprint density at radius 3 is 2.48 bits per heavy atom. The van der Waals surface area contributed by atoms with Crippen molar-refractivity contribution >= 4 is 21.6 Å². The summed E-state index contributed by atoms with van der Waals surface area (Å²) in [6.07, 6.45) is 2.54. The number of aryl methyl sites for hydroxylation is 1. The first-order valence-corrected chi connectivity index (χ1v) is 12.4. The summed E-state index contributed by atoms with van der Waals surface area (Å²) in [7, 11) is -3.03. The Morgan fingerprint density at radius 2 is 1.87 bits per heavy atom. The molecule has 1 fully saturated rings. The molecule has 0 spiro atoms. The summed E-state index contributed by atoms with van der Waals surface area (Å²) in [5.41, 5.74) is 2.33. The van der Waals surface area contributed by atoms with Gasteiger partial charge < -0.3 is 14.0 Å². The van der Waals surface area contributed by atoms with E-state index in [0.717, 1.165) is 18.5 Å². The van der Waals surface area contributed by atoms with Crippen molar-refractivity contribution in [3.05, 3.63) is 52.8 Å². The number of carbonyl (C=O) groups excluding carboxylic acids is 2. The predicted molar refractivity (Wildman–Crippen MR) is 118 cm³/mol. The molecule has 0 N–H and O–H groups in total. The van der Waals surface area contributed by atoms with Crippen LogP contribution in [0.2, 0.25) is 0 Å². The van der Waals surface area contributed by atoms with E-state index in [-0.39, 0.29) is 29.9 Å². The van der Waals surface area contributed by atoms with Crippen molar-refractivity contribution in [2.75, 3.05) is 24.7 Å². The van der Waals surface area contributed by atoms with Crippen LogP contribution in [0.5, 0.6) is 5.75 Å². The minimum absolute atomic E-state index is 0.0874. The summed E-state index contributed by atoms with van der Waals surface area (Å²) >= 11 is 0. The maximum atomic E-state index is 12.7. The lowest BCUT2D eigenvalue weighted by Gasteiger charge is -2.16. The van der Waals surface area contributed by atoms with Crippen LogP contribution in [0.1, 0.15) is 64.3 Å². The number of sulfone groups is 1. The molecule has 0 unspecified atom stereocenters. The number of nitrogens with zero attached hydrogens (tertiary/aromatic N) is 1. The molecule has 8 heteroatoms. The van der Waals surface area contributed by atoms with Crippen molar-refractivity contribution < 1.29 is 27.5 Å². The summed E-state index contributed by atoms with van der Waals surface area (Å²) in [6.45, 7) is 5.98. The van der Waals surface area contributed by atoms with E-state index in [1.165, 1.54) is 0 Å². The van der Waals surface area contributed by atoms with Crippen LogP contribution in [-0.2, 0) is 14.6 Å². The lowest BCUT2D eigenvalue weighted by atomic mass is 10.1. The highest BCUT2D eigenvalue weighted by Crippen LogP contribution is 2.29. The van der Waals surface area contributed by atoms with Gasteiger partial charge in [0, 0.05) is 23.0 Å². The topological polar surface area (TPSA) is 91.7 Å². The van der Waals surface area contributed by atoms with Crippen LogP contribution in [0.25, 0.3) is 0 Å². The number of esters is 1. The normalized spacial score (nSPS) is 17.5. The second kappa shape index (κ2) is 9.68. The smallest absolute Gasteiger partial charge is 0.338 e. The van der Waals surface area contributed by atoms with Gasteiger partial charge in [0.05, 0.1) is 23.7 Å². The zero-order chi connectivity index (χ0) is 22.6. The van der Waals surface area contributed by atoms with E-state index in [9.17, 15) is 18.0 Å². The Kier molecular flexibility index (Phi) is 7.20. The highest BCUT2D eigenvalue weighted by Gasteiger charge is 2.31. The molecule has 1 aliphatic rings. The molecule has 2 heterocycles. The van der Waals surface area contributed by atoms with Crippen LogP contribution in [0, 0.1) is 13.8 Å². The molecule has 31 heavy (non-hydrogen) atoms. The van der Waals surface area contributed by atoms with Crippen LogP contribution < -0.4 is 4.74 Å². The van der Waals surface area contributed by atoms with Crippen molar-refractivity contribution in [1.29, 1.82) is 0 Å². The van der Waals surface area contributed by atoms with E-state index in [1.54, 1.807) is 37.3 Å². The van der Waals surface area contributed by atoms with Gasteiger partial charge >= 0.3 is 5.97 Å². The fraction of sp³-hybridized carbons (Fsp3) is 0.478. The largest absolute Gasteiger partial charge is 0.494 e. The number of aromatic nitrogens is 1. The van der Waals surface area contributed by atoms with Gasteiger partial charge in [-0.15, -0.1) is 0 Å². The lowest BCUT2D eigenvalue weighted by molar-refractivity contribution is 0.0474. The lowest BCUT2D eigenvalue weighted by Crippen LogP contribution is -2.17. The second-order valence-electron chi connectivity index (χ2n) is 7.94. The van der Waals surface area contributed by atoms with E-state index in [0.29, 0.717) is 35.6 Å². The quantitative estimate of drug-likeness (QED) is 0.331. The molecule has 1 aliphatic heterocycles. The Morgan fingerprint density at radius 1 is 1.16 bits per heavy atom. The monoisotopic (exact) mass is 447 g/mol. The standard InChI is InChI=1S/C23H29NO6S/c1-4-5-11-29-20-8-6-18(7-9-20)23(26)30-14-22(25)21-13-16(2)24(17(21)3)19-10-12-31(27,28)15-19/h6-9,13,19H,4-5,10-12,14-15H2,1-3H3/t19-/m0/s1. The third kappa shape index (κ3) is 5.55. The number of rotatable bonds is 9. The minimum Gasteiger partial charge on any atom is -0.494 e. The molecular weight excluding hydrogens is 418 g/mol. The number of hydrogen-bond donors (Lipinski definition) is 0. The fourth-order valence-corrected chi connectivity index (χ4v) is 5.61. The van der Waals surface area contributed by atoms with Gasteiger partial charge in [0.15, 0.2) is 16.4 Å². The van der Waals surface area contributed by atoms with E-state index in [4.69, 9.17) is 9.47 Å². The number of unbranched alkanes of at least 4 members (excludes halogenated alkanes) is 1. The van der Waals surface area contributed by atoms with Crippen molar-refractivity contribution in [2.24, 2.45) is 0 Å². The highest BCUT2D eigenvalue weighted by atomic mass is 32.2. The zero-order valence-corrected chi connectivity index (χ0v) is 19.0. The molecule has 2 aromatic rings. The van der Waals surface area contributed by atoms with E-state index < -0.39 is 15.8 Å². The molecule has 168 valence electrons. The third-order valence-corrected chi connectivity index (χ3v) is 7.30. The molecule has 0 radical (unpaired) electrons. The molecule has 3 rings (SSSR count). The van der Waals surface area contributed by atoms with Gasteiger partial charge in [-0.2, -0.15) is 0 Å². The van der Waals surface area contributed by atoms with Crippen LogP contribution >= 0.6 is 0 Å². The Hall–Kier alpha value is -2.61. The van der Waals surface area contributed by atoms with E-state index >= 15 is 0 Å². The van der Waals surface area contributed by atoms with Gasteiger partial charge in [0.25, 0.3) is 0 Å². The highest BCUT2D eigenvalue weighted by molar-refractivity contribution is 7.91. The van der Waals surface area contributed by atoms with Crippen molar-refractivity contribution in [2.45, 2.75) is 46.1 Å². The summed E-state index contributed by atoms with van der Waals surface area (Å²) in [5.74, 6) is 0.0435. The molecule has 7 nitrogen and oxygen atoms in total. The maximum Gasteiger partial charge on any atom is 0.338 e. The first kappa shape index (κ1) is 23.1. The number of carbonyl (C=O) groups is 2. The van der Waals surface area contributed by atoms with Gasteiger partial charge in [-0.05, 0) is 57.0 Å². The Labute approximate surface area is 183 Å². The molecule has 0 aliphatic carbocycles. The van der Waals surface area contributed by atoms with Gasteiger partial charge in [0.1, 0.15) is 5.75 Å². The summed E-state index contributed by atoms with van der Waals surface area (Å²) < 4.78 is 36.4. The van der Waals surface area contributed by atoms with Gasteiger partial charge in [-0.1, -0.05) is 13.3 Å². The van der Waals surface area contributed by atoms with Crippen LogP contribution in [0.15, 0.2) is 30.3 Å². The third-order valence-electron chi connectivity index (χ3n) is 5.55. The number of hydrogen-bond acceptors (Lipinski definition) is 6. The zero-order valence-electron chi connectivity index (χ0n) is 18.2.